The number of Topliss-reactive ketones (excluding diaryl/α,β-unsaturated/α-hetero) is 1. The Bertz CT molecular complexity index is 367. The van der Waals surface area contributed by atoms with Crippen molar-refractivity contribution in [2.24, 2.45) is 11.8 Å². The smallest absolute Gasteiger partial charge is 0.146 e. The van der Waals surface area contributed by atoms with Crippen molar-refractivity contribution in [2.45, 2.75) is 24.9 Å². The van der Waals surface area contributed by atoms with Crippen LogP contribution >= 0.6 is 0 Å². The van der Waals surface area contributed by atoms with Crippen LogP contribution in [0.2, 0.25) is 0 Å². The van der Waals surface area contributed by atoms with Gasteiger partial charge in [-0.25, -0.2) is 0 Å². The van der Waals surface area contributed by atoms with Gasteiger partial charge < -0.3 is 5.32 Å². The number of nitrogens with one attached hydrogen (secondary N) is 1. The van der Waals surface area contributed by atoms with Crippen molar-refractivity contribution in [3.8, 4) is 0 Å². The van der Waals surface area contributed by atoms with E-state index in [0.29, 0.717) is 5.78 Å². The molecule has 2 aliphatic carbocycles. The molecule has 4 atom stereocenters. The number of carbonyl (C=O) groups is 1. The van der Waals surface area contributed by atoms with E-state index in [-0.39, 0.29) is 23.9 Å². The Labute approximate surface area is 89.7 Å². The van der Waals surface area contributed by atoms with Gasteiger partial charge in [0.05, 0.1) is 5.92 Å². The molecule has 15 heavy (non-hydrogen) atoms. The van der Waals surface area contributed by atoms with Gasteiger partial charge in [0.1, 0.15) is 5.78 Å². The summed E-state index contributed by atoms with van der Waals surface area (Å²) < 4.78 is 0. The van der Waals surface area contributed by atoms with E-state index in [1.165, 1.54) is 0 Å². The van der Waals surface area contributed by atoms with Crippen LogP contribution in [0, 0.1) is 11.8 Å². The fourth-order valence-corrected chi connectivity index (χ4v) is 2.83. The van der Waals surface area contributed by atoms with Gasteiger partial charge in [0.2, 0.25) is 0 Å². The van der Waals surface area contributed by atoms with Gasteiger partial charge >= 0.3 is 0 Å². The molecule has 1 saturated heterocycles. The van der Waals surface area contributed by atoms with Gasteiger partial charge in [-0.3, -0.25) is 4.79 Å². The molecule has 1 fully saturated rings. The van der Waals surface area contributed by atoms with Crippen LogP contribution in [0.1, 0.15) is 12.8 Å². The van der Waals surface area contributed by atoms with E-state index < -0.39 is 0 Å². The summed E-state index contributed by atoms with van der Waals surface area (Å²) in [4.78, 5) is 12.2. The zero-order valence-electron chi connectivity index (χ0n) is 8.60. The van der Waals surface area contributed by atoms with Crippen LogP contribution in [0.5, 0.6) is 0 Å². The van der Waals surface area contributed by atoms with Crippen LogP contribution in [0.15, 0.2) is 36.5 Å². The highest BCUT2D eigenvalue weighted by Crippen LogP contribution is 2.31. The van der Waals surface area contributed by atoms with Gasteiger partial charge in [-0.15, -0.1) is 0 Å². The Kier molecular flexibility index (Phi) is 2.10. The number of rotatable bonds is 0. The molecular formula is C13H15NO. The Morgan fingerprint density at radius 2 is 2.00 bits per heavy atom. The second kappa shape index (κ2) is 3.46. The van der Waals surface area contributed by atoms with Crippen molar-refractivity contribution in [3.63, 3.8) is 0 Å². The average Bonchev–Trinajstić information content (AvgIpc) is 2.30. The van der Waals surface area contributed by atoms with Gasteiger partial charge in [0.25, 0.3) is 0 Å². The third kappa shape index (κ3) is 1.40. The summed E-state index contributed by atoms with van der Waals surface area (Å²) in [6.07, 6.45) is 14.5. The minimum absolute atomic E-state index is 0.0720. The molecule has 0 aromatic heterocycles. The van der Waals surface area contributed by atoms with Gasteiger partial charge in [-0.2, -0.15) is 0 Å². The number of allylic oxidation sites excluding steroid dienone is 3. The molecule has 1 N–H and O–H groups in total. The van der Waals surface area contributed by atoms with E-state index in [4.69, 9.17) is 0 Å². The van der Waals surface area contributed by atoms with Crippen LogP contribution in [0.4, 0.5) is 0 Å². The molecule has 0 aromatic rings. The SMILES string of the molecule is O=C1C2C=CC=CC2NC2C=CCCC12. The standard InChI is InChI=1S/C13H15NO/c15-13-9-5-1-3-7-11(9)14-12-8-4-2-6-10(12)13/h1,3-5,7-12,14H,2,6H2. The molecule has 4 unspecified atom stereocenters. The second-order valence-electron chi connectivity index (χ2n) is 4.53. The Balaban J connectivity index is 1.91. The lowest BCUT2D eigenvalue weighted by molar-refractivity contribution is -0.129. The third-order valence-electron chi connectivity index (χ3n) is 3.64. The normalized spacial score (nSPS) is 42.5. The minimum atomic E-state index is 0.0720. The molecule has 3 rings (SSSR count). The van der Waals surface area contributed by atoms with Crippen molar-refractivity contribution >= 4 is 5.78 Å². The largest absolute Gasteiger partial charge is 0.303 e. The number of carbonyl (C=O) groups excluding carboxylic acids is 1. The quantitative estimate of drug-likeness (QED) is 0.603. The lowest BCUT2D eigenvalue weighted by Gasteiger charge is -2.40. The zero-order valence-corrected chi connectivity index (χ0v) is 8.60. The molecule has 0 radical (unpaired) electrons. The average molecular weight is 201 g/mol. The second-order valence-corrected chi connectivity index (χ2v) is 4.53. The molecule has 1 heterocycles. The van der Waals surface area contributed by atoms with Crippen molar-refractivity contribution in [2.75, 3.05) is 0 Å². The van der Waals surface area contributed by atoms with Crippen LogP contribution < -0.4 is 5.32 Å². The molecule has 0 amide bonds. The highest BCUT2D eigenvalue weighted by Gasteiger charge is 2.41. The van der Waals surface area contributed by atoms with Crippen LogP contribution in [-0.4, -0.2) is 17.9 Å². The molecule has 1 aliphatic heterocycles. The zero-order chi connectivity index (χ0) is 10.3. The number of ketones is 1. The summed E-state index contributed by atoms with van der Waals surface area (Å²) in [6, 6.07) is 0.482. The number of piperidine rings is 1. The maximum absolute atomic E-state index is 12.2. The van der Waals surface area contributed by atoms with Crippen LogP contribution in [-0.2, 0) is 4.79 Å². The van der Waals surface area contributed by atoms with E-state index in [0.717, 1.165) is 12.8 Å². The van der Waals surface area contributed by atoms with Crippen molar-refractivity contribution in [1.82, 2.24) is 5.32 Å². The van der Waals surface area contributed by atoms with Gasteiger partial charge in [-0.1, -0.05) is 36.5 Å². The summed E-state index contributed by atoms with van der Waals surface area (Å²) in [5.41, 5.74) is 0. The number of hydrogen-bond acceptors (Lipinski definition) is 2. The first-order valence-electron chi connectivity index (χ1n) is 5.68. The lowest BCUT2D eigenvalue weighted by atomic mass is 9.73. The molecular weight excluding hydrogens is 186 g/mol. The predicted molar refractivity (Wildman–Crippen MR) is 59.4 cm³/mol. The lowest BCUT2D eigenvalue weighted by Crippen LogP contribution is -2.56. The maximum atomic E-state index is 12.2. The fourth-order valence-electron chi connectivity index (χ4n) is 2.83. The van der Waals surface area contributed by atoms with Crippen LogP contribution in [0.25, 0.3) is 0 Å². The van der Waals surface area contributed by atoms with Gasteiger partial charge in [-0.05, 0) is 12.8 Å². The molecule has 78 valence electrons. The highest BCUT2D eigenvalue weighted by molar-refractivity contribution is 5.88. The summed E-state index contributed by atoms with van der Waals surface area (Å²) in [7, 11) is 0. The molecule has 0 saturated carbocycles. The summed E-state index contributed by atoms with van der Waals surface area (Å²) in [5.74, 6) is 0.698. The summed E-state index contributed by atoms with van der Waals surface area (Å²) in [5, 5.41) is 3.54. The first kappa shape index (κ1) is 9.10. The molecule has 2 nitrogen and oxygen atoms in total. The number of hydrogen-bond donors (Lipinski definition) is 1. The van der Waals surface area contributed by atoms with E-state index in [9.17, 15) is 4.79 Å². The first-order chi connectivity index (χ1) is 7.36. The highest BCUT2D eigenvalue weighted by atomic mass is 16.1. The predicted octanol–water partition coefficient (Wildman–Crippen LogP) is 1.60. The van der Waals surface area contributed by atoms with Crippen molar-refractivity contribution < 1.29 is 4.79 Å². The Morgan fingerprint density at radius 1 is 1.13 bits per heavy atom. The Hall–Kier alpha value is -1.15. The minimum Gasteiger partial charge on any atom is -0.303 e. The van der Waals surface area contributed by atoms with Gasteiger partial charge in [0.15, 0.2) is 0 Å². The van der Waals surface area contributed by atoms with E-state index in [1.807, 2.05) is 18.2 Å². The summed E-state index contributed by atoms with van der Waals surface area (Å²) >= 11 is 0. The maximum Gasteiger partial charge on any atom is 0.146 e. The fraction of sp³-hybridized carbons (Fsp3) is 0.462. The van der Waals surface area contributed by atoms with E-state index in [2.05, 4.69) is 23.5 Å². The molecule has 3 aliphatic rings. The van der Waals surface area contributed by atoms with E-state index >= 15 is 0 Å². The topological polar surface area (TPSA) is 29.1 Å². The third-order valence-corrected chi connectivity index (χ3v) is 3.64. The molecule has 0 spiro atoms. The monoisotopic (exact) mass is 201 g/mol. The van der Waals surface area contributed by atoms with Crippen molar-refractivity contribution in [3.05, 3.63) is 36.5 Å². The van der Waals surface area contributed by atoms with Gasteiger partial charge in [0, 0.05) is 18.0 Å². The molecule has 0 aromatic carbocycles. The molecule has 2 heteroatoms. The Morgan fingerprint density at radius 3 is 2.93 bits per heavy atom. The number of fused-ring (bicyclic) bond motifs is 2. The first-order valence-corrected chi connectivity index (χ1v) is 5.68. The summed E-state index contributed by atoms with van der Waals surface area (Å²) in [6.45, 7) is 0. The van der Waals surface area contributed by atoms with Crippen LogP contribution in [0.3, 0.4) is 0 Å². The molecule has 0 bridgehead atoms. The van der Waals surface area contributed by atoms with E-state index in [1.54, 1.807) is 0 Å². The van der Waals surface area contributed by atoms with Crippen molar-refractivity contribution in [1.29, 1.82) is 0 Å².